The smallest absolute Gasteiger partial charge is 0.204 e. The maximum Gasteiger partial charge on any atom is 0.204 e. The predicted molar refractivity (Wildman–Crippen MR) is 94.4 cm³/mol. The molecule has 3 aromatic rings. The first-order chi connectivity index (χ1) is 12.2. The van der Waals surface area contributed by atoms with Gasteiger partial charge in [-0.2, -0.15) is 0 Å². The van der Waals surface area contributed by atoms with Crippen LogP contribution in [0.4, 0.5) is 0 Å². The Kier molecular flexibility index (Phi) is 4.29. The number of aromatic hydroxyl groups is 1. The zero-order valence-corrected chi connectivity index (χ0v) is 13.7. The lowest BCUT2D eigenvalue weighted by molar-refractivity contribution is 0.0322. The lowest BCUT2D eigenvalue weighted by atomic mass is 10.1. The molecule has 130 valence electrons. The lowest BCUT2D eigenvalue weighted by Crippen LogP contribution is -2.38. The van der Waals surface area contributed by atoms with Crippen LogP contribution in [0.15, 0.2) is 45.6 Å². The van der Waals surface area contributed by atoms with Gasteiger partial charge in [0.15, 0.2) is 0 Å². The average Bonchev–Trinajstić information content (AvgIpc) is 2.62. The largest absolute Gasteiger partial charge is 0.507 e. The van der Waals surface area contributed by atoms with Crippen molar-refractivity contribution in [1.29, 1.82) is 0 Å². The third-order valence-corrected chi connectivity index (χ3v) is 4.43. The van der Waals surface area contributed by atoms with Crippen LogP contribution >= 0.6 is 0 Å². The number of fused-ring (bicyclic) bond motifs is 2. The first-order valence-electron chi connectivity index (χ1n) is 8.34. The summed E-state index contributed by atoms with van der Waals surface area (Å²) >= 11 is 0. The predicted octanol–water partition coefficient (Wildman–Crippen LogP) is 2.36. The van der Waals surface area contributed by atoms with Crippen molar-refractivity contribution in [1.82, 2.24) is 4.90 Å². The van der Waals surface area contributed by atoms with E-state index in [4.69, 9.17) is 13.9 Å². The zero-order valence-electron chi connectivity index (χ0n) is 13.7. The van der Waals surface area contributed by atoms with Gasteiger partial charge in [0, 0.05) is 25.7 Å². The molecule has 4 rings (SSSR count). The first-order valence-corrected chi connectivity index (χ1v) is 8.34. The van der Waals surface area contributed by atoms with Gasteiger partial charge < -0.3 is 19.0 Å². The normalized spacial score (nSPS) is 15.7. The molecule has 0 radical (unpaired) electrons. The molecule has 0 atom stereocenters. The molecule has 0 bridgehead atoms. The van der Waals surface area contributed by atoms with Gasteiger partial charge in [0.05, 0.1) is 18.6 Å². The van der Waals surface area contributed by atoms with Gasteiger partial charge in [0.25, 0.3) is 0 Å². The number of rotatable bonds is 4. The van der Waals surface area contributed by atoms with Gasteiger partial charge in [0.2, 0.25) is 5.43 Å². The van der Waals surface area contributed by atoms with Crippen LogP contribution < -0.4 is 10.2 Å². The molecule has 0 amide bonds. The Labute approximate surface area is 144 Å². The highest BCUT2D eigenvalue weighted by Gasteiger charge is 2.13. The molecule has 25 heavy (non-hydrogen) atoms. The molecule has 1 aliphatic heterocycles. The monoisotopic (exact) mass is 341 g/mol. The van der Waals surface area contributed by atoms with E-state index in [-0.39, 0.29) is 16.6 Å². The second-order valence-electron chi connectivity index (χ2n) is 6.04. The minimum atomic E-state index is -0.241. The van der Waals surface area contributed by atoms with Gasteiger partial charge in [-0.25, -0.2) is 0 Å². The molecule has 1 aliphatic rings. The summed E-state index contributed by atoms with van der Waals surface area (Å²) in [6.07, 6.45) is 0. The molecule has 0 unspecified atom stereocenters. The molecule has 0 spiro atoms. The van der Waals surface area contributed by atoms with Crippen LogP contribution in [0.5, 0.6) is 11.5 Å². The topological polar surface area (TPSA) is 72.1 Å². The Morgan fingerprint density at radius 1 is 1.12 bits per heavy atom. The van der Waals surface area contributed by atoms with E-state index in [2.05, 4.69) is 4.90 Å². The lowest BCUT2D eigenvalue weighted by Gasteiger charge is -2.26. The van der Waals surface area contributed by atoms with E-state index < -0.39 is 0 Å². The Balaban J connectivity index is 1.57. The number of hydrogen-bond acceptors (Lipinski definition) is 6. The molecular formula is C19H19NO5. The van der Waals surface area contributed by atoms with E-state index in [1.165, 1.54) is 6.07 Å². The quantitative estimate of drug-likeness (QED) is 0.735. The molecule has 1 N–H and O–H groups in total. The number of hydrogen-bond donors (Lipinski definition) is 1. The molecule has 1 fully saturated rings. The number of benzene rings is 2. The molecule has 0 saturated carbocycles. The van der Waals surface area contributed by atoms with E-state index in [1.807, 2.05) is 0 Å². The molecule has 1 saturated heterocycles. The van der Waals surface area contributed by atoms with E-state index in [0.717, 1.165) is 32.8 Å². The fourth-order valence-electron chi connectivity index (χ4n) is 3.07. The van der Waals surface area contributed by atoms with Gasteiger partial charge >= 0.3 is 0 Å². The van der Waals surface area contributed by atoms with E-state index in [9.17, 15) is 9.90 Å². The van der Waals surface area contributed by atoms with Crippen molar-refractivity contribution in [3.05, 3.63) is 46.6 Å². The fourth-order valence-corrected chi connectivity index (χ4v) is 3.07. The number of phenols is 1. The van der Waals surface area contributed by atoms with E-state index in [0.29, 0.717) is 28.9 Å². The van der Waals surface area contributed by atoms with Crippen molar-refractivity contribution in [2.24, 2.45) is 0 Å². The summed E-state index contributed by atoms with van der Waals surface area (Å²) in [5, 5.41) is 10.5. The minimum Gasteiger partial charge on any atom is -0.507 e. The molecule has 0 aliphatic carbocycles. The highest BCUT2D eigenvalue weighted by Crippen LogP contribution is 2.27. The first kappa shape index (κ1) is 15.9. The maximum absolute atomic E-state index is 12.6. The van der Waals surface area contributed by atoms with Crippen LogP contribution in [0.1, 0.15) is 0 Å². The highest BCUT2D eigenvalue weighted by molar-refractivity contribution is 5.93. The van der Waals surface area contributed by atoms with Crippen LogP contribution in [-0.2, 0) is 4.74 Å². The molecular weight excluding hydrogens is 322 g/mol. The molecule has 6 nitrogen and oxygen atoms in total. The van der Waals surface area contributed by atoms with Gasteiger partial charge in [-0.3, -0.25) is 9.69 Å². The van der Waals surface area contributed by atoms with Crippen molar-refractivity contribution < 1.29 is 19.0 Å². The van der Waals surface area contributed by atoms with E-state index in [1.54, 1.807) is 30.3 Å². The standard InChI is InChI=1S/C19H19NO5/c21-15-2-1-3-16-18(15)19(22)14-5-4-13(12-17(14)25-16)24-11-8-20-6-9-23-10-7-20/h1-5,12,21H,6-11H2. The Hall–Kier alpha value is -2.57. The highest BCUT2D eigenvalue weighted by atomic mass is 16.5. The van der Waals surface area contributed by atoms with Crippen LogP contribution in [0.25, 0.3) is 21.9 Å². The van der Waals surface area contributed by atoms with Crippen LogP contribution in [0, 0.1) is 0 Å². The Bertz CT molecular complexity index is 959. The third-order valence-electron chi connectivity index (χ3n) is 4.43. The van der Waals surface area contributed by atoms with Crippen LogP contribution in [-0.4, -0.2) is 49.5 Å². The van der Waals surface area contributed by atoms with Crippen molar-refractivity contribution in [2.45, 2.75) is 0 Å². The summed E-state index contributed by atoms with van der Waals surface area (Å²) in [6, 6.07) is 9.95. The second-order valence-corrected chi connectivity index (χ2v) is 6.04. The van der Waals surface area contributed by atoms with Crippen molar-refractivity contribution in [3.63, 3.8) is 0 Å². The summed E-state index contributed by atoms with van der Waals surface area (Å²) in [7, 11) is 0. The number of morpholine rings is 1. The van der Waals surface area contributed by atoms with Crippen molar-refractivity contribution in [2.75, 3.05) is 39.5 Å². The maximum atomic E-state index is 12.6. The number of ether oxygens (including phenoxy) is 2. The molecule has 2 aromatic carbocycles. The SMILES string of the molecule is O=c1c2ccc(OCCN3CCOCC3)cc2oc2cccc(O)c12. The van der Waals surface area contributed by atoms with Gasteiger partial charge in [-0.05, 0) is 24.3 Å². The van der Waals surface area contributed by atoms with Gasteiger partial charge in [-0.15, -0.1) is 0 Å². The zero-order chi connectivity index (χ0) is 17.2. The third kappa shape index (κ3) is 3.18. The summed E-state index contributed by atoms with van der Waals surface area (Å²) in [5.74, 6) is 0.586. The molecule has 6 heteroatoms. The fraction of sp³-hybridized carbons (Fsp3) is 0.316. The van der Waals surface area contributed by atoms with E-state index >= 15 is 0 Å². The van der Waals surface area contributed by atoms with Gasteiger partial charge in [-0.1, -0.05) is 6.07 Å². The minimum absolute atomic E-state index is 0.0704. The van der Waals surface area contributed by atoms with Crippen LogP contribution in [0.3, 0.4) is 0 Å². The summed E-state index contributed by atoms with van der Waals surface area (Å²) in [6.45, 7) is 4.76. The second kappa shape index (κ2) is 6.74. The Morgan fingerprint density at radius 2 is 1.96 bits per heavy atom. The summed E-state index contributed by atoms with van der Waals surface area (Å²) < 4.78 is 16.9. The summed E-state index contributed by atoms with van der Waals surface area (Å²) in [5.41, 5.74) is 0.573. The summed E-state index contributed by atoms with van der Waals surface area (Å²) in [4.78, 5) is 14.9. The van der Waals surface area contributed by atoms with Crippen molar-refractivity contribution >= 4 is 21.9 Å². The van der Waals surface area contributed by atoms with Crippen molar-refractivity contribution in [3.8, 4) is 11.5 Å². The number of nitrogens with zero attached hydrogens (tertiary/aromatic N) is 1. The van der Waals surface area contributed by atoms with Crippen LogP contribution in [0.2, 0.25) is 0 Å². The van der Waals surface area contributed by atoms with Gasteiger partial charge in [0.1, 0.15) is 34.7 Å². The average molecular weight is 341 g/mol. The molecule has 1 aromatic heterocycles. The Morgan fingerprint density at radius 3 is 2.80 bits per heavy atom. The molecule has 2 heterocycles. The number of phenolic OH excluding ortho intramolecular Hbond substituents is 1.